The molecule has 0 aliphatic carbocycles. The Kier molecular flexibility index (Phi) is 7.11. The Labute approximate surface area is 167 Å². The molecular weight excluding hydrogens is 385 g/mol. The van der Waals surface area contributed by atoms with E-state index in [2.05, 4.69) is 10.1 Å². The number of likely N-dealkylation sites (tertiary alicyclic amines) is 1. The fourth-order valence-corrected chi connectivity index (χ4v) is 3.17. The molecule has 8 heteroatoms. The Morgan fingerprint density at radius 1 is 1.03 bits per heavy atom. The van der Waals surface area contributed by atoms with Gasteiger partial charge in [0.05, 0.1) is 19.3 Å². The lowest BCUT2D eigenvalue weighted by atomic mass is 10.1. The van der Waals surface area contributed by atoms with Gasteiger partial charge in [0.15, 0.2) is 0 Å². The normalized spacial score (nSPS) is 15.8. The van der Waals surface area contributed by atoms with Gasteiger partial charge >= 0.3 is 6.36 Å². The number of anilines is 1. The predicted octanol–water partition coefficient (Wildman–Crippen LogP) is 4.20. The van der Waals surface area contributed by atoms with Crippen LogP contribution in [0.25, 0.3) is 0 Å². The number of carbonyl (C=O) groups is 1. The smallest absolute Gasteiger partial charge is 0.406 e. The van der Waals surface area contributed by atoms with Crippen LogP contribution in [-0.2, 0) is 16.1 Å². The predicted molar refractivity (Wildman–Crippen MR) is 102 cm³/mol. The van der Waals surface area contributed by atoms with Crippen LogP contribution in [-0.4, -0.2) is 42.9 Å². The van der Waals surface area contributed by atoms with Crippen molar-refractivity contribution in [3.05, 3.63) is 60.2 Å². The number of piperidine rings is 1. The molecular formula is C21H23F3N2O3. The lowest BCUT2D eigenvalue weighted by Crippen LogP contribution is -2.41. The first-order valence-electron chi connectivity index (χ1n) is 9.41. The molecule has 156 valence electrons. The molecule has 29 heavy (non-hydrogen) atoms. The molecule has 0 atom stereocenters. The molecule has 1 saturated heterocycles. The first-order chi connectivity index (χ1) is 13.9. The van der Waals surface area contributed by atoms with Gasteiger partial charge in [-0.3, -0.25) is 9.69 Å². The molecule has 1 aliphatic heterocycles. The molecule has 0 aromatic heterocycles. The Hall–Kier alpha value is -2.58. The molecule has 1 heterocycles. The molecule has 3 rings (SSSR count). The van der Waals surface area contributed by atoms with Gasteiger partial charge in [-0.15, -0.1) is 13.2 Å². The molecule has 2 aromatic rings. The minimum Gasteiger partial charge on any atom is -0.406 e. The zero-order valence-electron chi connectivity index (χ0n) is 15.8. The number of alkyl halides is 3. The van der Waals surface area contributed by atoms with Crippen molar-refractivity contribution in [1.82, 2.24) is 4.90 Å². The minimum atomic E-state index is -4.73. The van der Waals surface area contributed by atoms with Crippen molar-refractivity contribution < 1.29 is 27.4 Å². The van der Waals surface area contributed by atoms with Crippen molar-refractivity contribution in [2.75, 3.05) is 25.0 Å². The van der Waals surface area contributed by atoms with E-state index in [1.54, 1.807) is 0 Å². The Balaban J connectivity index is 1.37. The number of benzene rings is 2. The first kappa shape index (κ1) is 21.1. The molecule has 1 N–H and O–H groups in total. The number of halogens is 3. The summed E-state index contributed by atoms with van der Waals surface area (Å²) in [7, 11) is 0. The third-order valence-electron chi connectivity index (χ3n) is 4.60. The summed E-state index contributed by atoms with van der Waals surface area (Å²) >= 11 is 0. The second-order valence-corrected chi connectivity index (χ2v) is 6.89. The van der Waals surface area contributed by atoms with E-state index in [1.165, 1.54) is 24.3 Å². The van der Waals surface area contributed by atoms with Gasteiger partial charge in [-0.05, 0) is 42.7 Å². The van der Waals surface area contributed by atoms with Gasteiger partial charge < -0.3 is 14.8 Å². The molecule has 0 radical (unpaired) electrons. The average molecular weight is 408 g/mol. The quantitative estimate of drug-likeness (QED) is 0.746. The third kappa shape index (κ3) is 7.40. The summed E-state index contributed by atoms with van der Waals surface area (Å²) in [6.45, 7) is 2.32. The highest BCUT2D eigenvalue weighted by Crippen LogP contribution is 2.24. The maximum atomic E-state index is 12.2. The van der Waals surface area contributed by atoms with Gasteiger partial charge in [-0.1, -0.05) is 30.3 Å². The van der Waals surface area contributed by atoms with Crippen molar-refractivity contribution in [1.29, 1.82) is 0 Å². The second-order valence-electron chi connectivity index (χ2n) is 6.89. The van der Waals surface area contributed by atoms with Crippen LogP contribution in [0.1, 0.15) is 18.4 Å². The summed E-state index contributed by atoms with van der Waals surface area (Å²) in [4.78, 5) is 14.2. The minimum absolute atomic E-state index is 0.177. The van der Waals surface area contributed by atoms with Crippen LogP contribution in [0.5, 0.6) is 5.75 Å². The van der Waals surface area contributed by atoms with Gasteiger partial charge in [-0.25, -0.2) is 0 Å². The van der Waals surface area contributed by atoms with E-state index in [1.807, 2.05) is 35.2 Å². The lowest BCUT2D eigenvalue weighted by molar-refractivity contribution is -0.274. The Morgan fingerprint density at radius 3 is 2.31 bits per heavy atom. The van der Waals surface area contributed by atoms with Gasteiger partial charge in [0.2, 0.25) is 5.91 Å². The van der Waals surface area contributed by atoms with Crippen LogP contribution in [0, 0.1) is 0 Å². The number of amides is 1. The Morgan fingerprint density at radius 2 is 1.69 bits per heavy atom. The van der Waals surface area contributed by atoms with Gasteiger partial charge in [-0.2, -0.15) is 0 Å². The maximum absolute atomic E-state index is 12.2. The summed E-state index contributed by atoms with van der Waals surface area (Å²) < 4.78 is 46.3. The largest absolute Gasteiger partial charge is 0.573 e. The van der Waals surface area contributed by atoms with Crippen LogP contribution in [0.4, 0.5) is 18.9 Å². The molecule has 0 unspecified atom stereocenters. The highest BCUT2D eigenvalue weighted by Gasteiger charge is 2.31. The highest BCUT2D eigenvalue weighted by atomic mass is 19.4. The van der Waals surface area contributed by atoms with Crippen LogP contribution < -0.4 is 10.1 Å². The van der Waals surface area contributed by atoms with Crippen LogP contribution in [0.3, 0.4) is 0 Å². The van der Waals surface area contributed by atoms with Gasteiger partial charge in [0.25, 0.3) is 0 Å². The average Bonchev–Trinajstić information content (AvgIpc) is 2.69. The van der Waals surface area contributed by atoms with Crippen molar-refractivity contribution in [3.8, 4) is 5.75 Å². The highest BCUT2D eigenvalue weighted by molar-refractivity contribution is 5.92. The molecule has 1 aliphatic rings. The second kappa shape index (κ2) is 9.76. The van der Waals surface area contributed by atoms with Crippen LogP contribution in [0.15, 0.2) is 54.6 Å². The number of carbonyl (C=O) groups excluding carboxylic acids is 1. The first-order valence-corrected chi connectivity index (χ1v) is 9.41. The van der Waals surface area contributed by atoms with E-state index < -0.39 is 6.36 Å². The van der Waals surface area contributed by atoms with E-state index in [9.17, 15) is 18.0 Å². The number of nitrogens with zero attached hydrogens (tertiary/aromatic N) is 1. The number of hydrogen-bond acceptors (Lipinski definition) is 4. The van der Waals surface area contributed by atoms with E-state index in [-0.39, 0.29) is 24.3 Å². The molecule has 2 aromatic carbocycles. The maximum Gasteiger partial charge on any atom is 0.573 e. The zero-order chi connectivity index (χ0) is 20.7. The molecule has 1 amide bonds. The molecule has 1 fully saturated rings. The van der Waals surface area contributed by atoms with Crippen molar-refractivity contribution in [3.63, 3.8) is 0 Å². The number of nitrogens with one attached hydrogen (secondary N) is 1. The molecule has 0 bridgehead atoms. The van der Waals surface area contributed by atoms with E-state index in [0.29, 0.717) is 12.3 Å². The molecule has 5 nitrogen and oxygen atoms in total. The third-order valence-corrected chi connectivity index (χ3v) is 4.60. The van der Waals surface area contributed by atoms with Gasteiger partial charge in [0.1, 0.15) is 5.75 Å². The summed E-state index contributed by atoms with van der Waals surface area (Å²) in [5, 5.41) is 2.69. The number of hydrogen-bond donors (Lipinski definition) is 1. The van der Waals surface area contributed by atoms with E-state index in [0.717, 1.165) is 31.5 Å². The summed E-state index contributed by atoms with van der Waals surface area (Å²) in [5.41, 5.74) is 1.56. The number of ether oxygens (including phenoxy) is 2. The van der Waals surface area contributed by atoms with Crippen LogP contribution >= 0.6 is 0 Å². The molecule has 0 saturated carbocycles. The fraction of sp³-hybridized carbons (Fsp3) is 0.381. The fourth-order valence-electron chi connectivity index (χ4n) is 3.17. The monoisotopic (exact) mass is 408 g/mol. The SMILES string of the molecule is O=C(CN1CCC(OCc2ccccc2)CC1)Nc1ccc(OC(F)(F)F)cc1. The summed E-state index contributed by atoms with van der Waals surface area (Å²) in [6.07, 6.45) is -2.86. The standard InChI is InChI=1S/C21H23F3N2O3/c22-21(23,24)29-19-8-6-17(7-9-19)25-20(27)14-26-12-10-18(11-13-26)28-15-16-4-2-1-3-5-16/h1-9,18H,10-15H2,(H,25,27). The van der Waals surface area contributed by atoms with E-state index >= 15 is 0 Å². The van der Waals surface area contributed by atoms with Crippen molar-refractivity contribution in [2.24, 2.45) is 0 Å². The van der Waals surface area contributed by atoms with E-state index in [4.69, 9.17) is 4.74 Å². The topological polar surface area (TPSA) is 50.8 Å². The zero-order valence-corrected chi connectivity index (χ0v) is 15.8. The van der Waals surface area contributed by atoms with Crippen molar-refractivity contribution >= 4 is 11.6 Å². The Bertz CT molecular complexity index is 774. The molecule has 0 spiro atoms. The summed E-state index contributed by atoms with van der Waals surface area (Å²) in [5.74, 6) is -0.536. The summed E-state index contributed by atoms with van der Waals surface area (Å²) in [6, 6.07) is 15.1. The van der Waals surface area contributed by atoms with Crippen molar-refractivity contribution in [2.45, 2.75) is 31.9 Å². The lowest BCUT2D eigenvalue weighted by Gasteiger charge is -2.31. The van der Waals surface area contributed by atoms with Crippen LogP contribution in [0.2, 0.25) is 0 Å². The number of rotatable bonds is 7. The van der Waals surface area contributed by atoms with Gasteiger partial charge in [0, 0.05) is 18.8 Å².